The third-order valence-corrected chi connectivity index (χ3v) is 3.95. The van der Waals surface area contributed by atoms with E-state index in [0.29, 0.717) is 36.0 Å². The van der Waals surface area contributed by atoms with Gasteiger partial charge in [-0.2, -0.15) is 5.10 Å². The van der Waals surface area contributed by atoms with Crippen LogP contribution < -0.4 is 19.6 Å². The van der Waals surface area contributed by atoms with Crippen molar-refractivity contribution in [1.82, 2.24) is 5.43 Å². The molecule has 148 valence electrons. The number of hydrogen-bond acceptors (Lipinski definition) is 5. The van der Waals surface area contributed by atoms with Crippen LogP contribution in [0.25, 0.3) is 0 Å². The number of carbonyl (C=O) groups is 1. The van der Waals surface area contributed by atoms with E-state index in [0.717, 1.165) is 5.56 Å². The zero-order valence-corrected chi connectivity index (χ0v) is 16.1. The molecule has 0 atom stereocenters. The maximum Gasteiger partial charge on any atom is 0.271 e. The molecule has 1 N–H and O–H groups in total. The van der Waals surface area contributed by atoms with E-state index in [1.807, 2.05) is 54.6 Å². The van der Waals surface area contributed by atoms with E-state index < -0.39 is 0 Å². The van der Waals surface area contributed by atoms with E-state index in [1.54, 1.807) is 37.6 Å². The van der Waals surface area contributed by atoms with Crippen LogP contribution in [0, 0.1) is 0 Å². The van der Waals surface area contributed by atoms with Crippen molar-refractivity contribution in [2.24, 2.45) is 5.10 Å². The number of carbonyl (C=O) groups excluding carboxylic acids is 1. The van der Waals surface area contributed by atoms with E-state index in [4.69, 9.17) is 14.2 Å². The van der Waals surface area contributed by atoms with Crippen molar-refractivity contribution in [3.63, 3.8) is 0 Å². The van der Waals surface area contributed by atoms with Gasteiger partial charge in [-0.3, -0.25) is 4.79 Å². The topological polar surface area (TPSA) is 69.2 Å². The number of benzene rings is 3. The van der Waals surface area contributed by atoms with Gasteiger partial charge in [-0.05, 0) is 42.0 Å². The fourth-order valence-electron chi connectivity index (χ4n) is 2.55. The first-order valence-corrected chi connectivity index (χ1v) is 9.13. The largest absolute Gasteiger partial charge is 0.493 e. The summed E-state index contributed by atoms with van der Waals surface area (Å²) in [6.07, 6.45) is 1.57. The van der Waals surface area contributed by atoms with Gasteiger partial charge >= 0.3 is 0 Å². The molecule has 0 aliphatic rings. The Balaban J connectivity index is 1.47. The molecule has 6 nitrogen and oxygen atoms in total. The quantitative estimate of drug-likeness (QED) is 0.342. The fraction of sp³-hybridized carbons (Fsp3) is 0.130. The SMILES string of the molecule is COc1ccccc1OCCOc1cccc(/C=N\NC(=O)c2ccccc2)c1. The van der Waals surface area contributed by atoms with Gasteiger partial charge in [-0.1, -0.05) is 42.5 Å². The number of ether oxygens (including phenoxy) is 3. The highest BCUT2D eigenvalue weighted by atomic mass is 16.5. The Bertz CT molecular complexity index is 958. The minimum Gasteiger partial charge on any atom is -0.493 e. The Labute approximate surface area is 169 Å². The van der Waals surface area contributed by atoms with Gasteiger partial charge in [0.05, 0.1) is 13.3 Å². The van der Waals surface area contributed by atoms with Crippen LogP contribution in [0.4, 0.5) is 0 Å². The van der Waals surface area contributed by atoms with Crippen LogP contribution >= 0.6 is 0 Å². The normalized spacial score (nSPS) is 10.5. The van der Waals surface area contributed by atoms with Crippen molar-refractivity contribution in [3.05, 3.63) is 90.0 Å². The second-order valence-corrected chi connectivity index (χ2v) is 5.99. The van der Waals surface area contributed by atoms with Gasteiger partial charge in [0.1, 0.15) is 19.0 Å². The molecule has 0 saturated carbocycles. The van der Waals surface area contributed by atoms with Crippen LogP contribution in [-0.4, -0.2) is 32.4 Å². The number of nitrogens with one attached hydrogen (secondary N) is 1. The summed E-state index contributed by atoms with van der Waals surface area (Å²) < 4.78 is 16.7. The minimum atomic E-state index is -0.261. The molecule has 0 heterocycles. The number of nitrogens with zero attached hydrogens (tertiary/aromatic N) is 1. The smallest absolute Gasteiger partial charge is 0.271 e. The molecular formula is C23H22N2O4. The van der Waals surface area contributed by atoms with E-state index >= 15 is 0 Å². The molecule has 6 heteroatoms. The third-order valence-electron chi connectivity index (χ3n) is 3.95. The Morgan fingerprint density at radius 1 is 0.897 bits per heavy atom. The molecule has 0 unspecified atom stereocenters. The summed E-state index contributed by atoms with van der Waals surface area (Å²) >= 11 is 0. The van der Waals surface area contributed by atoms with Crippen LogP contribution in [0.5, 0.6) is 17.2 Å². The van der Waals surface area contributed by atoms with E-state index in [9.17, 15) is 4.79 Å². The molecule has 3 aromatic rings. The monoisotopic (exact) mass is 390 g/mol. The van der Waals surface area contributed by atoms with Crippen molar-refractivity contribution in [2.45, 2.75) is 0 Å². The predicted molar refractivity (Wildman–Crippen MR) is 112 cm³/mol. The predicted octanol–water partition coefficient (Wildman–Crippen LogP) is 3.92. The number of para-hydroxylation sites is 2. The highest BCUT2D eigenvalue weighted by molar-refractivity contribution is 5.94. The third kappa shape index (κ3) is 6.10. The van der Waals surface area contributed by atoms with Gasteiger partial charge in [-0.25, -0.2) is 5.43 Å². The zero-order chi connectivity index (χ0) is 20.3. The molecule has 0 radical (unpaired) electrons. The first-order valence-electron chi connectivity index (χ1n) is 9.13. The summed E-state index contributed by atoms with van der Waals surface area (Å²) in [5.74, 6) is 1.78. The van der Waals surface area contributed by atoms with Crippen molar-refractivity contribution in [1.29, 1.82) is 0 Å². The number of methoxy groups -OCH3 is 1. The molecule has 3 aromatic carbocycles. The van der Waals surface area contributed by atoms with Crippen LogP contribution in [0.2, 0.25) is 0 Å². The number of hydrazone groups is 1. The van der Waals surface area contributed by atoms with Gasteiger partial charge in [-0.15, -0.1) is 0 Å². The summed E-state index contributed by atoms with van der Waals surface area (Å²) in [5.41, 5.74) is 3.87. The lowest BCUT2D eigenvalue weighted by atomic mass is 10.2. The summed E-state index contributed by atoms with van der Waals surface area (Å²) in [4.78, 5) is 12.0. The zero-order valence-electron chi connectivity index (χ0n) is 16.1. The van der Waals surface area contributed by atoms with E-state index in [1.165, 1.54) is 0 Å². The number of hydrogen-bond donors (Lipinski definition) is 1. The van der Waals surface area contributed by atoms with Crippen LogP contribution in [0.15, 0.2) is 84.0 Å². The Morgan fingerprint density at radius 3 is 2.41 bits per heavy atom. The van der Waals surface area contributed by atoms with Gasteiger partial charge in [0.15, 0.2) is 11.5 Å². The first kappa shape index (κ1) is 19.9. The highest BCUT2D eigenvalue weighted by Gasteiger charge is 2.03. The summed E-state index contributed by atoms with van der Waals surface area (Å²) in [7, 11) is 1.61. The highest BCUT2D eigenvalue weighted by Crippen LogP contribution is 2.25. The van der Waals surface area contributed by atoms with Crippen LogP contribution in [0.3, 0.4) is 0 Å². The molecule has 0 fully saturated rings. The Morgan fingerprint density at radius 2 is 1.62 bits per heavy atom. The fourth-order valence-corrected chi connectivity index (χ4v) is 2.55. The lowest BCUT2D eigenvalue weighted by Gasteiger charge is -2.11. The minimum absolute atomic E-state index is 0.261. The maximum absolute atomic E-state index is 12.0. The maximum atomic E-state index is 12.0. The Hall–Kier alpha value is -3.80. The van der Waals surface area contributed by atoms with Gasteiger partial charge in [0, 0.05) is 5.56 Å². The lowest BCUT2D eigenvalue weighted by molar-refractivity contribution is 0.0955. The summed E-state index contributed by atoms with van der Waals surface area (Å²) in [6, 6.07) is 23.8. The van der Waals surface area contributed by atoms with Crippen molar-refractivity contribution in [2.75, 3.05) is 20.3 Å². The Kier molecular flexibility index (Phi) is 7.23. The second-order valence-electron chi connectivity index (χ2n) is 5.99. The molecule has 0 saturated heterocycles. The van der Waals surface area contributed by atoms with Crippen LogP contribution in [-0.2, 0) is 0 Å². The average Bonchev–Trinajstić information content (AvgIpc) is 2.78. The standard InChI is InChI=1S/C23H22N2O4/c1-27-21-12-5-6-13-22(21)29-15-14-28-20-11-7-8-18(16-20)17-24-25-23(26)19-9-3-2-4-10-19/h2-13,16-17H,14-15H2,1H3,(H,25,26)/b24-17-. The van der Waals surface area contributed by atoms with Crippen molar-refractivity contribution >= 4 is 12.1 Å². The first-order chi connectivity index (χ1) is 14.3. The summed E-state index contributed by atoms with van der Waals surface area (Å²) in [5, 5.41) is 4.00. The van der Waals surface area contributed by atoms with E-state index in [-0.39, 0.29) is 5.91 Å². The van der Waals surface area contributed by atoms with Crippen molar-refractivity contribution in [3.8, 4) is 17.2 Å². The molecule has 3 rings (SSSR count). The molecule has 1 amide bonds. The van der Waals surface area contributed by atoms with Crippen LogP contribution in [0.1, 0.15) is 15.9 Å². The molecule has 0 aliphatic heterocycles. The molecule has 29 heavy (non-hydrogen) atoms. The second kappa shape index (κ2) is 10.5. The van der Waals surface area contributed by atoms with Gasteiger partial charge in [0.2, 0.25) is 0 Å². The number of amides is 1. The molecule has 0 spiro atoms. The van der Waals surface area contributed by atoms with Gasteiger partial charge < -0.3 is 14.2 Å². The lowest BCUT2D eigenvalue weighted by Crippen LogP contribution is -2.17. The molecule has 0 aromatic heterocycles. The van der Waals surface area contributed by atoms with Gasteiger partial charge in [0.25, 0.3) is 5.91 Å². The number of rotatable bonds is 9. The molecule has 0 bridgehead atoms. The van der Waals surface area contributed by atoms with E-state index in [2.05, 4.69) is 10.5 Å². The van der Waals surface area contributed by atoms with Crippen molar-refractivity contribution < 1.29 is 19.0 Å². The molecule has 0 aliphatic carbocycles. The summed E-state index contributed by atoms with van der Waals surface area (Å²) in [6.45, 7) is 0.759. The average molecular weight is 390 g/mol. The molecular weight excluding hydrogens is 368 g/mol.